The highest BCUT2D eigenvalue weighted by atomic mass is 35.5. The molecule has 176 valence electrons. The Hall–Kier alpha value is -2.74. The first-order chi connectivity index (χ1) is 15.9. The highest BCUT2D eigenvalue weighted by molar-refractivity contribution is 8.03. The van der Waals surface area contributed by atoms with E-state index in [0.717, 1.165) is 11.8 Å². The van der Waals surface area contributed by atoms with Crippen LogP contribution in [0.15, 0.2) is 28.8 Å². The second-order valence-electron chi connectivity index (χ2n) is 7.23. The number of esters is 1. The van der Waals surface area contributed by atoms with Crippen LogP contribution in [-0.4, -0.2) is 68.5 Å². The second kappa shape index (κ2) is 11.4. The summed E-state index contributed by atoms with van der Waals surface area (Å²) in [5.74, 6) is -3.24. The van der Waals surface area contributed by atoms with Crippen LogP contribution in [0.25, 0.3) is 0 Å². The summed E-state index contributed by atoms with van der Waals surface area (Å²) in [6.45, 7) is 4.17. The number of hydrogen-bond acceptors (Lipinski definition) is 8. The zero-order valence-corrected chi connectivity index (χ0v) is 19.8. The molecular weight excluding hydrogens is 470 g/mol. The van der Waals surface area contributed by atoms with Crippen molar-refractivity contribution in [1.29, 1.82) is 5.26 Å². The summed E-state index contributed by atoms with van der Waals surface area (Å²) in [5.41, 5.74) is 0.646. The Bertz CT molecular complexity index is 1000. The number of carbonyl (C=O) groups is 3. The lowest BCUT2D eigenvalue weighted by Gasteiger charge is -2.31. The van der Waals surface area contributed by atoms with E-state index in [9.17, 15) is 19.6 Å². The van der Waals surface area contributed by atoms with Crippen molar-refractivity contribution in [1.82, 2.24) is 10.2 Å². The smallest absolute Gasteiger partial charge is 0.319 e. The van der Waals surface area contributed by atoms with E-state index < -0.39 is 23.7 Å². The van der Waals surface area contributed by atoms with Gasteiger partial charge in [0.15, 0.2) is 0 Å². The Kier molecular flexibility index (Phi) is 8.61. The SMILES string of the molecule is CCOc1ccc([C@H]2C(C#N)=C(SCC(=O)N3CCOCC3)NC(=O)[C@H]2C(=O)OC)cc1Cl. The molecule has 2 aliphatic rings. The van der Waals surface area contributed by atoms with E-state index in [4.69, 9.17) is 25.8 Å². The number of nitrogens with zero attached hydrogens (tertiary/aromatic N) is 2. The number of halogens is 1. The summed E-state index contributed by atoms with van der Waals surface area (Å²) in [6, 6.07) is 6.98. The number of benzene rings is 1. The van der Waals surface area contributed by atoms with Gasteiger partial charge in [0.1, 0.15) is 11.7 Å². The molecule has 33 heavy (non-hydrogen) atoms. The standard InChI is InChI=1S/C22H24ClN3O6S/c1-3-32-16-5-4-13(10-15(16)23)18-14(11-24)21(25-20(28)19(18)22(29)30-2)33-12-17(27)26-6-8-31-9-7-26/h4-5,10,18-19H,3,6-9,12H2,1-2H3,(H,25,28)/t18-,19-/m0/s1. The van der Waals surface area contributed by atoms with Gasteiger partial charge in [0, 0.05) is 19.0 Å². The van der Waals surface area contributed by atoms with Crippen molar-refractivity contribution in [2.75, 3.05) is 45.8 Å². The van der Waals surface area contributed by atoms with E-state index in [-0.39, 0.29) is 27.3 Å². The minimum Gasteiger partial charge on any atom is -0.492 e. The van der Waals surface area contributed by atoms with E-state index in [1.807, 2.05) is 6.92 Å². The number of nitrogens with one attached hydrogen (secondary N) is 1. The van der Waals surface area contributed by atoms with Crippen LogP contribution in [0, 0.1) is 17.2 Å². The second-order valence-corrected chi connectivity index (χ2v) is 8.62. The van der Waals surface area contributed by atoms with Gasteiger partial charge in [-0.15, -0.1) is 0 Å². The molecule has 0 bridgehead atoms. The predicted octanol–water partition coefficient (Wildman–Crippen LogP) is 2.07. The van der Waals surface area contributed by atoms with Crippen molar-refractivity contribution in [2.45, 2.75) is 12.8 Å². The molecule has 2 aliphatic heterocycles. The monoisotopic (exact) mass is 493 g/mol. The average molecular weight is 494 g/mol. The zero-order valence-electron chi connectivity index (χ0n) is 18.3. The van der Waals surface area contributed by atoms with Crippen LogP contribution in [0.5, 0.6) is 5.75 Å². The van der Waals surface area contributed by atoms with Gasteiger partial charge in [-0.05, 0) is 24.6 Å². The number of thioether (sulfide) groups is 1. The van der Waals surface area contributed by atoms with Gasteiger partial charge < -0.3 is 24.4 Å². The highest BCUT2D eigenvalue weighted by Gasteiger charge is 2.44. The third-order valence-electron chi connectivity index (χ3n) is 5.30. The summed E-state index contributed by atoms with van der Waals surface area (Å²) in [4.78, 5) is 39.6. The number of amides is 2. The quantitative estimate of drug-likeness (QED) is 0.453. The van der Waals surface area contributed by atoms with Gasteiger partial charge in [-0.2, -0.15) is 5.26 Å². The lowest BCUT2D eigenvalue weighted by Crippen LogP contribution is -2.45. The molecule has 1 N–H and O–H groups in total. The average Bonchev–Trinajstić information content (AvgIpc) is 2.83. The largest absolute Gasteiger partial charge is 0.492 e. The van der Waals surface area contributed by atoms with Crippen molar-refractivity contribution >= 4 is 41.1 Å². The molecule has 0 aliphatic carbocycles. The molecule has 2 heterocycles. The first kappa shape index (κ1) is 24.9. The van der Waals surface area contributed by atoms with Crippen molar-refractivity contribution in [3.8, 4) is 11.8 Å². The molecule has 1 aromatic rings. The molecule has 1 fully saturated rings. The summed E-state index contributed by atoms with van der Waals surface area (Å²) in [5, 5.41) is 13.1. The Balaban J connectivity index is 1.95. The molecule has 0 aromatic heterocycles. The van der Waals surface area contributed by atoms with Crippen molar-refractivity contribution in [2.24, 2.45) is 5.92 Å². The molecule has 2 amide bonds. The summed E-state index contributed by atoms with van der Waals surface area (Å²) in [7, 11) is 1.18. The Morgan fingerprint density at radius 1 is 1.36 bits per heavy atom. The van der Waals surface area contributed by atoms with Crippen LogP contribution in [0.1, 0.15) is 18.4 Å². The maximum Gasteiger partial charge on any atom is 0.319 e. The third kappa shape index (κ3) is 5.61. The number of ether oxygens (including phenoxy) is 3. The van der Waals surface area contributed by atoms with E-state index in [2.05, 4.69) is 11.4 Å². The number of rotatable bonds is 7. The lowest BCUT2D eigenvalue weighted by atomic mass is 9.78. The van der Waals surface area contributed by atoms with Crippen molar-refractivity contribution < 1.29 is 28.6 Å². The number of morpholine rings is 1. The number of carbonyl (C=O) groups excluding carboxylic acids is 3. The van der Waals surface area contributed by atoms with Crippen molar-refractivity contribution in [3.63, 3.8) is 0 Å². The zero-order chi connectivity index (χ0) is 24.0. The van der Waals surface area contributed by atoms with Crippen LogP contribution < -0.4 is 10.1 Å². The van der Waals surface area contributed by atoms with Gasteiger partial charge in [-0.1, -0.05) is 29.4 Å². The molecule has 9 nitrogen and oxygen atoms in total. The van der Waals surface area contributed by atoms with Gasteiger partial charge in [-0.3, -0.25) is 14.4 Å². The Morgan fingerprint density at radius 3 is 2.70 bits per heavy atom. The van der Waals surface area contributed by atoms with Crippen LogP contribution >= 0.6 is 23.4 Å². The fraction of sp³-hybridized carbons (Fsp3) is 0.455. The van der Waals surface area contributed by atoms with Crippen LogP contribution in [0.3, 0.4) is 0 Å². The normalized spacial score (nSPS) is 20.7. The van der Waals surface area contributed by atoms with E-state index >= 15 is 0 Å². The minimum atomic E-state index is -1.28. The van der Waals surface area contributed by atoms with Gasteiger partial charge in [0.05, 0.1) is 54.4 Å². The maximum atomic E-state index is 12.9. The van der Waals surface area contributed by atoms with Crippen LogP contribution in [0.2, 0.25) is 5.02 Å². The first-order valence-electron chi connectivity index (χ1n) is 10.3. The first-order valence-corrected chi connectivity index (χ1v) is 11.7. The Labute approximate surface area is 201 Å². The molecule has 0 saturated carbocycles. The summed E-state index contributed by atoms with van der Waals surface area (Å²) < 4.78 is 15.6. The van der Waals surface area contributed by atoms with Crippen LogP contribution in [0.4, 0.5) is 0 Å². The molecule has 0 unspecified atom stereocenters. The molecule has 0 radical (unpaired) electrons. The van der Waals surface area contributed by atoms with Gasteiger partial charge in [-0.25, -0.2) is 0 Å². The van der Waals surface area contributed by atoms with Crippen molar-refractivity contribution in [3.05, 3.63) is 39.4 Å². The molecule has 2 atom stereocenters. The maximum absolute atomic E-state index is 12.9. The highest BCUT2D eigenvalue weighted by Crippen LogP contribution is 2.42. The van der Waals surface area contributed by atoms with E-state index in [1.165, 1.54) is 7.11 Å². The molecule has 11 heteroatoms. The minimum absolute atomic E-state index is 0.0282. The Morgan fingerprint density at radius 2 is 2.09 bits per heavy atom. The molecular formula is C22H24ClN3O6S. The predicted molar refractivity (Wildman–Crippen MR) is 122 cm³/mol. The third-order valence-corrected chi connectivity index (χ3v) is 6.60. The summed E-state index contributed by atoms with van der Waals surface area (Å²) in [6.07, 6.45) is 0. The topological polar surface area (TPSA) is 118 Å². The van der Waals surface area contributed by atoms with Gasteiger partial charge in [0.25, 0.3) is 0 Å². The fourth-order valence-electron chi connectivity index (χ4n) is 3.70. The fourth-order valence-corrected chi connectivity index (χ4v) is 4.90. The molecule has 1 aromatic carbocycles. The lowest BCUT2D eigenvalue weighted by molar-refractivity contribution is -0.150. The number of hydrogen-bond donors (Lipinski definition) is 1. The molecule has 3 rings (SSSR count). The van der Waals surface area contributed by atoms with Gasteiger partial charge >= 0.3 is 5.97 Å². The number of nitriles is 1. The van der Waals surface area contributed by atoms with Gasteiger partial charge in [0.2, 0.25) is 11.8 Å². The van der Waals surface area contributed by atoms with Crippen LogP contribution in [-0.2, 0) is 23.9 Å². The summed E-state index contributed by atoms with van der Waals surface area (Å²) >= 11 is 7.39. The van der Waals surface area contributed by atoms with E-state index in [1.54, 1.807) is 23.1 Å². The number of allylic oxidation sites excluding steroid dienone is 1. The molecule has 0 spiro atoms. The number of methoxy groups -OCH3 is 1. The molecule has 1 saturated heterocycles. The van der Waals surface area contributed by atoms with E-state index in [0.29, 0.717) is 44.2 Å².